The maximum Gasteiger partial charge on any atom is 0.182 e. The van der Waals surface area contributed by atoms with Crippen LogP contribution >= 0.6 is 15.9 Å². The Kier molecular flexibility index (Phi) is 3.22. The van der Waals surface area contributed by atoms with Crippen LogP contribution < -0.4 is 0 Å². The summed E-state index contributed by atoms with van der Waals surface area (Å²) in [5, 5.41) is 1.14. The predicted octanol–water partition coefficient (Wildman–Crippen LogP) is 4.29. The minimum absolute atomic E-state index is 0.123. The molecule has 19 heavy (non-hydrogen) atoms. The number of aromatic nitrogens is 1. The Morgan fingerprint density at radius 1 is 1.05 bits per heavy atom. The number of hydrogen-bond donors (Lipinski definition) is 0. The summed E-state index contributed by atoms with van der Waals surface area (Å²) >= 11 is 3.46. The molecule has 3 heteroatoms. The number of Topliss-reactive ketones (excluding diaryl/α,β-unsaturated/α-hetero) is 1. The summed E-state index contributed by atoms with van der Waals surface area (Å²) in [6, 6.07) is 17.5. The molecule has 0 radical (unpaired) electrons. The van der Waals surface area contributed by atoms with E-state index in [4.69, 9.17) is 0 Å². The molecule has 0 amide bonds. The van der Waals surface area contributed by atoms with Crippen LogP contribution in [0.1, 0.15) is 10.4 Å². The van der Waals surface area contributed by atoms with Crippen LogP contribution in [0.25, 0.3) is 10.9 Å². The van der Waals surface area contributed by atoms with Gasteiger partial charge in [0.2, 0.25) is 0 Å². The van der Waals surface area contributed by atoms with Crippen molar-refractivity contribution in [3.8, 4) is 0 Å². The topological polar surface area (TPSA) is 22.0 Å². The van der Waals surface area contributed by atoms with Gasteiger partial charge in [-0.1, -0.05) is 52.3 Å². The maximum absolute atomic E-state index is 12.2. The molecule has 0 fully saturated rings. The summed E-state index contributed by atoms with van der Waals surface area (Å²) in [4.78, 5) is 12.2. The van der Waals surface area contributed by atoms with Gasteiger partial charge in [0.25, 0.3) is 0 Å². The molecule has 3 rings (SSSR count). The first kappa shape index (κ1) is 12.2. The van der Waals surface area contributed by atoms with Gasteiger partial charge in [-0.25, -0.2) is 0 Å². The van der Waals surface area contributed by atoms with Crippen LogP contribution in [0.5, 0.6) is 0 Å². The second-order valence-electron chi connectivity index (χ2n) is 4.44. The SMILES string of the molecule is O=C(Cn1ccc2ccc(Br)cc21)c1ccccc1. The van der Waals surface area contributed by atoms with Gasteiger partial charge in [-0.3, -0.25) is 4.79 Å². The number of halogens is 1. The highest BCUT2D eigenvalue weighted by Crippen LogP contribution is 2.21. The van der Waals surface area contributed by atoms with Crippen LogP contribution in [0.4, 0.5) is 0 Å². The Morgan fingerprint density at radius 2 is 1.84 bits per heavy atom. The highest BCUT2D eigenvalue weighted by atomic mass is 79.9. The number of carbonyl (C=O) groups is 1. The summed E-state index contributed by atoms with van der Waals surface area (Å²) in [6.45, 7) is 0.365. The molecule has 0 aliphatic rings. The van der Waals surface area contributed by atoms with Crippen LogP contribution in [-0.4, -0.2) is 10.4 Å². The van der Waals surface area contributed by atoms with Crippen LogP contribution in [0.3, 0.4) is 0 Å². The van der Waals surface area contributed by atoms with Gasteiger partial charge < -0.3 is 4.57 Å². The van der Waals surface area contributed by atoms with Crippen molar-refractivity contribution in [3.05, 3.63) is 70.8 Å². The van der Waals surface area contributed by atoms with Crippen molar-refractivity contribution in [1.82, 2.24) is 4.57 Å². The molecule has 0 aliphatic heterocycles. The number of hydrogen-bond acceptors (Lipinski definition) is 1. The fourth-order valence-electron chi connectivity index (χ4n) is 2.16. The third-order valence-corrected chi connectivity index (χ3v) is 3.64. The molecule has 0 bridgehead atoms. The van der Waals surface area contributed by atoms with Gasteiger partial charge in [-0.05, 0) is 23.6 Å². The van der Waals surface area contributed by atoms with E-state index in [0.717, 1.165) is 20.9 Å². The van der Waals surface area contributed by atoms with Crippen molar-refractivity contribution in [3.63, 3.8) is 0 Å². The molecule has 1 aromatic heterocycles. The van der Waals surface area contributed by atoms with Gasteiger partial charge in [0.1, 0.15) is 0 Å². The van der Waals surface area contributed by atoms with Crippen molar-refractivity contribution >= 4 is 32.6 Å². The standard InChI is InChI=1S/C16H12BrNO/c17-14-7-6-12-8-9-18(15(12)10-14)11-16(19)13-4-2-1-3-5-13/h1-10H,11H2. The molecule has 0 saturated heterocycles. The summed E-state index contributed by atoms with van der Waals surface area (Å²) in [5.74, 6) is 0.123. The number of fused-ring (bicyclic) bond motifs is 1. The van der Waals surface area contributed by atoms with Crippen molar-refractivity contribution in [2.45, 2.75) is 6.54 Å². The number of rotatable bonds is 3. The molecule has 1 heterocycles. The van der Waals surface area contributed by atoms with Crippen molar-refractivity contribution in [2.24, 2.45) is 0 Å². The van der Waals surface area contributed by atoms with E-state index in [9.17, 15) is 4.79 Å². The third-order valence-electron chi connectivity index (χ3n) is 3.15. The number of nitrogens with zero attached hydrogens (tertiary/aromatic N) is 1. The monoisotopic (exact) mass is 313 g/mol. The first-order valence-electron chi connectivity index (χ1n) is 6.07. The minimum Gasteiger partial charge on any atom is -0.340 e. The lowest BCUT2D eigenvalue weighted by Gasteiger charge is -2.05. The van der Waals surface area contributed by atoms with E-state index in [1.54, 1.807) is 0 Å². The van der Waals surface area contributed by atoms with Crippen molar-refractivity contribution < 1.29 is 4.79 Å². The molecule has 0 atom stereocenters. The van der Waals surface area contributed by atoms with Crippen LogP contribution in [-0.2, 0) is 6.54 Å². The lowest BCUT2D eigenvalue weighted by Crippen LogP contribution is -2.09. The second kappa shape index (κ2) is 5.02. The van der Waals surface area contributed by atoms with E-state index in [-0.39, 0.29) is 5.78 Å². The Morgan fingerprint density at radius 3 is 2.63 bits per heavy atom. The number of benzene rings is 2. The summed E-state index contributed by atoms with van der Waals surface area (Å²) in [6.07, 6.45) is 1.96. The van der Waals surface area contributed by atoms with E-state index in [2.05, 4.69) is 15.9 Å². The molecule has 0 unspecified atom stereocenters. The van der Waals surface area contributed by atoms with Gasteiger partial charge in [-0.15, -0.1) is 0 Å². The van der Waals surface area contributed by atoms with Gasteiger partial charge >= 0.3 is 0 Å². The lowest BCUT2D eigenvalue weighted by atomic mass is 10.1. The zero-order valence-electron chi connectivity index (χ0n) is 10.2. The fraction of sp³-hybridized carbons (Fsp3) is 0.0625. The molecule has 94 valence electrons. The van der Waals surface area contributed by atoms with Gasteiger partial charge in [0, 0.05) is 21.7 Å². The Labute approximate surface area is 119 Å². The lowest BCUT2D eigenvalue weighted by molar-refractivity contribution is 0.0973. The Balaban J connectivity index is 1.94. The molecule has 0 saturated carbocycles. The largest absolute Gasteiger partial charge is 0.340 e. The number of ketones is 1. The molecule has 0 aliphatic carbocycles. The average Bonchev–Trinajstić information content (AvgIpc) is 2.82. The predicted molar refractivity (Wildman–Crippen MR) is 80.4 cm³/mol. The summed E-state index contributed by atoms with van der Waals surface area (Å²) < 4.78 is 3.00. The van der Waals surface area contributed by atoms with Gasteiger partial charge in [-0.2, -0.15) is 0 Å². The fourth-order valence-corrected chi connectivity index (χ4v) is 2.51. The average molecular weight is 314 g/mol. The number of carbonyl (C=O) groups excluding carboxylic acids is 1. The van der Waals surface area contributed by atoms with Crippen molar-refractivity contribution in [2.75, 3.05) is 0 Å². The van der Waals surface area contributed by atoms with E-state index in [1.807, 2.05) is 65.4 Å². The van der Waals surface area contributed by atoms with Gasteiger partial charge in [0.15, 0.2) is 5.78 Å². The quantitative estimate of drug-likeness (QED) is 0.661. The van der Waals surface area contributed by atoms with Crippen molar-refractivity contribution in [1.29, 1.82) is 0 Å². The third kappa shape index (κ3) is 2.47. The molecule has 3 aromatic rings. The maximum atomic E-state index is 12.2. The van der Waals surface area contributed by atoms with E-state index >= 15 is 0 Å². The molecule has 0 N–H and O–H groups in total. The van der Waals surface area contributed by atoms with Crippen LogP contribution in [0, 0.1) is 0 Å². The molecular weight excluding hydrogens is 302 g/mol. The normalized spacial score (nSPS) is 10.8. The highest BCUT2D eigenvalue weighted by molar-refractivity contribution is 9.10. The Bertz CT molecular complexity index is 731. The molecule has 2 aromatic carbocycles. The summed E-state index contributed by atoms with van der Waals surface area (Å²) in [7, 11) is 0. The zero-order valence-corrected chi connectivity index (χ0v) is 11.8. The summed E-state index contributed by atoms with van der Waals surface area (Å²) in [5.41, 5.74) is 1.82. The first-order chi connectivity index (χ1) is 9.24. The van der Waals surface area contributed by atoms with E-state index < -0.39 is 0 Å². The highest BCUT2D eigenvalue weighted by Gasteiger charge is 2.08. The van der Waals surface area contributed by atoms with E-state index in [0.29, 0.717) is 6.54 Å². The van der Waals surface area contributed by atoms with Gasteiger partial charge in [0.05, 0.1) is 6.54 Å². The zero-order chi connectivity index (χ0) is 13.2. The minimum atomic E-state index is 0.123. The molecular formula is C16H12BrNO. The first-order valence-corrected chi connectivity index (χ1v) is 6.86. The van der Waals surface area contributed by atoms with E-state index in [1.165, 1.54) is 0 Å². The van der Waals surface area contributed by atoms with Crippen LogP contribution in [0.2, 0.25) is 0 Å². The molecule has 2 nitrogen and oxygen atoms in total. The van der Waals surface area contributed by atoms with Crippen LogP contribution in [0.15, 0.2) is 65.3 Å². The molecule has 0 spiro atoms. The second-order valence-corrected chi connectivity index (χ2v) is 5.35. The smallest absolute Gasteiger partial charge is 0.182 e. The Hall–Kier alpha value is -1.87.